The van der Waals surface area contributed by atoms with Crippen LogP contribution in [0.15, 0.2) is 18.2 Å². The number of hydrogen-bond donors (Lipinski definition) is 1. The van der Waals surface area contributed by atoms with E-state index in [4.69, 9.17) is 0 Å². The van der Waals surface area contributed by atoms with Crippen LogP contribution < -0.4 is 10.2 Å². The van der Waals surface area contributed by atoms with E-state index in [1.54, 1.807) is 6.07 Å². The molecule has 1 fully saturated rings. The van der Waals surface area contributed by atoms with Crippen molar-refractivity contribution in [2.24, 2.45) is 5.92 Å². The van der Waals surface area contributed by atoms with E-state index in [2.05, 4.69) is 37.1 Å². The molecule has 2 rings (SSSR count). The predicted octanol–water partition coefficient (Wildman–Crippen LogP) is 4.34. The van der Waals surface area contributed by atoms with E-state index in [1.807, 2.05) is 6.07 Å². The summed E-state index contributed by atoms with van der Waals surface area (Å²) in [6, 6.07) is 5.99. The van der Waals surface area contributed by atoms with Gasteiger partial charge in [0.1, 0.15) is 5.82 Å². The molecule has 1 aromatic carbocycles. The topological polar surface area (TPSA) is 15.3 Å². The number of hydrogen-bond acceptors (Lipinski definition) is 2. The molecule has 0 heterocycles. The van der Waals surface area contributed by atoms with Crippen LogP contribution >= 0.6 is 0 Å². The summed E-state index contributed by atoms with van der Waals surface area (Å²) in [7, 11) is 0. The van der Waals surface area contributed by atoms with E-state index in [0.29, 0.717) is 12.0 Å². The molecule has 0 radical (unpaired) electrons. The molecule has 21 heavy (non-hydrogen) atoms. The largest absolute Gasteiger partial charge is 0.366 e. The van der Waals surface area contributed by atoms with Gasteiger partial charge in [-0.25, -0.2) is 4.39 Å². The fraction of sp³-hybridized carbons (Fsp3) is 0.667. The molecule has 118 valence electrons. The lowest BCUT2D eigenvalue weighted by Gasteiger charge is -2.32. The summed E-state index contributed by atoms with van der Waals surface area (Å²) in [4.78, 5) is 2.29. The predicted molar refractivity (Wildman–Crippen MR) is 88.2 cm³/mol. The molecule has 1 N–H and O–H groups in total. The molecule has 0 spiro atoms. The van der Waals surface area contributed by atoms with Crippen LogP contribution in [-0.4, -0.2) is 19.1 Å². The summed E-state index contributed by atoms with van der Waals surface area (Å²) in [5.41, 5.74) is 1.91. The van der Waals surface area contributed by atoms with Gasteiger partial charge in [0.2, 0.25) is 0 Å². The smallest absolute Gasteiger partial charge is 0.146 e. The Labute approximate surface area is 128 Å². The standard InChI is InChI=1S/C18H29FN2/c1-4-21(16-9-5-6-10-16)18-15(8-7-11-17(18)19)13-20-12-14(2)3/h7-8,11,14,16,20H,4-6,9-10,12-13H2,1-3H3. The summed E-state index contributed by atoms with van der Waals surface area (Å²) in [5.74, 6) is 0.534. The molecule has 1 saturated carbocycles. The first-order chi connectivity index (χ1) is 10.1. The summed E-state index contributed by atoms with van der Waals surface area (Å²) in [6.45, 7) is 9.10. The Balaban J connectivity index is 2.18. The van der Waals surface area contributed by atoms with Crippen LogP contribution in [0.3, 0.4) is 0 Å². The van der Waals surface area contributed by atoms with Gasteiger partial charge in [-0.05, 0) is 43.9 Å². The van der Waals surface area contributed by atoms with Crippen LogP contribution in [-0.2, 0) is 6.54 Å². The van der Waals surface area contributed by atoms with Crippen molar-refractivity contribution in [2.75, 3.05) is 18.0 Å². The lowest BCUT2D eigenvalue weighted by Crippen LogP contribution is -2.35. The highest BCUT2D eigenvalue weighted by Crippen LogP contribution is 2.32. The van der Waals surface area contributed by atoms with Gasteiger partial charge in [0.05, 0.1) is 5.69 Å². The third-order valence-electron chi connectivity index (χ3n) is 4.33. The van der Waals surface area contributed by atoms with Gasteiger partial charge >= 0.3 is 0 Å². The van der Waals surface area contributed by atoms with Gasteiger partial charge in [0, 0.05) is 19.1 Å². The maximum Gasteiger partial charge on any atom is 0.146 e. The summed E-state index contributed by atoms with van der Waals surface area (Å²) >= 11 is 0. The Kier molecular flexibility index (Phi) is 6.04. The molecule has 0 amide bonds. The third-order valence-corrected chi connectivity index (χ3v) is 4.33. The van der Waals surface area contributed by atoms with Crippen molar-refractivity contribution in [3.8, 4) is 0 Å². The molecule has 0 unspecified atom stereocenters. The maximum absolute atomic E-state index is 14.5. The first kappa shape index (κ1) is 16.3. The highest BCUT2D eigenvalue weighted by molar-refractivity contribution is 5.55. The van der Waals surface area contributed by atoms with Crippen LogP contribution in [0, 0.1) is 11.7 Å². The molecule has 1 aliphatic rings. The van der Waals surface area contributed by atoms with E-state index in [9.17, 15) is 4.39 Å². The van der Waals surface area contributed by atoms with Crippen molar-refractivity contribution < 1.29 is 4.39 Å². The molecule has 1 aromatic rings. The van der Waals surface area contributed by atoms with Crippen molar-refractivity contribution in [3.63, 3.8) is 0 Å². The zero-order valence-electron chi connectivity index (χ0n) is 13.7. The van der Waals surface area contributed by atoms with Gasteiger partial charge in [-0.15, -0.1) is 0 Å². The minimum Gasteiger partial charge on any atom is -0.366 e. The highest BCUT2D eigenvalue weighted by Gasteiger charge is 2.25. The van der Waals surface area contributed by atoms with Crippen molar-refractivity contribution in [2.45, 2.75) is 59.0 Å². The Morgan fingerprint density at radius 2 is 2.00 bits per heavy atom. The van der Waals surface area contributed by atoms with Crippen LogP contribution in [0.25, 0.3) is 0 Å². The Morgan fingerprint density at radius 3 is 2.62 bits per heavy atom. The van der Waals surface area contributed by atoms with Gasteiger partial charge in [0.15, 0.2) is 0 Å². The van der Waals surface area contributed by atoms with E-state index in [-0.39, 0.29) is 5.82 Å². The van der Waals surface area contributed by atoms with E-state index in [1.165, 1.54) is 25.7 Å². The Morgan fingerprint density at radius 1 is 1.29 bits per heavy atom. The normalized spacial score (nSPS) is 15.9. The molecule has 3 heteroatoms. The molecular formula is C18H29FN2. The minimum atomic E-state index is -0.0763. The second-order valence-corrected chi connectivity index (χ2v) is 6.50. The monoisotopic (exact) mass is 292 g/mol. The lowest BCUT2D eigenvalue weighted by atomic mass is 10.1. The molecule has 0 atom stereocenters. The van der Waals surface area contributed by atoms with Crippen LogP contribution in [0.2, 0.25) is 0 Å². The third kappa shape index (κ3) is 4.19. The van der Waals surface area contributed by atoms with Gasteiger partial charge in [0.25, 0.3) is 0 Å². The molecule has 0 aromatic heterocycles. The Hall–Kier alpha value is -1.09. The maximum atomic E-state index is 14.5. The van der Waals surface area contributed by atoms with Gasteiger partial charge in [-0.3, -0.25) is 0 Å². The average molecular weight is 292 g/mol. The van der Waals surface area contributed by atoms with Gasteiger partial charge in [-0.2, -0.15) is 0 Å². The summed E-state index contributed by atoms with van der Waals surface area (Å²) in [6.07, 6.45) is 4.94. The van der Waals surface area contributed by atoms with Crippen molar-refractivity contribution in [3.05, 3.63) is 29.6 Å². The van der Waals surface area contributed by atoms with Gasteiger partial charge < -0.3 is 10.2 Å². The number of nitrogens with one attached hydrogen (secondary N) is 1. The number of benzene rings is 1. The summed E-state index contributed by atoms with van der Waals surface area (Å²) < 4.78 is 14.5. The molecular weight excluding hydrogens is 263 g/mol. The quantitative estimate of drug-likeness (QED) is 0.804. The minimum absolute atomic E-state index is 0.0763. The second-order valence-electron chi connectivity index (χ2n) is 6.50. The SMILES string of the molecule is CCN(c1c(F)cccc1CNCC(C)C)C1CCCC1. The van der Waals surface area contributed by atoms with Gasteiger partial charge in [-0.1, -0.05) is 38.8 Å². The fourth-order valence-electron chi connectivity index (χ4n) is 3.33. The molecule has 2 nitrogen and oxygen atoms in total. The zero-order chi connectivity index (χ0) is 15.2. The first-order valence-electron chi connectivity index (χ1n) is 8.38. The van der Waals surface area contributed by atoms with Crippen molar-refractivity contribution in [1.29, 1.82) is 0 Å². The van der Waals surface area contributed by atoms with E-state index >= 15 is 0 Å². The van der Waals surface area contributed by atoms with Crippen molar-refractivity contribution >= 4 is 5.69 Å². The zero-order valence-corrected chi connectivity index (χ0v) is 13.7. The van der Waals surface area contributed by atoms with E-state index in [0.717, 1.165) is 30.9 Å². The number of halogens is 1. The number of anilines is 1. The molecule has 0 aliphatic heterocycles. The highest BCUT2D eigenvalue weighted by atomic mass is 19.1. The molecule has 1 aliphatic carbocycles. The number of rotatable bonds is 7. The van der Waals surface area contributed by atoms with Crippen LogP contribution in [0.1, 0.15) is 52.0 Å². The van der Waals surface area contributed by atoms with Crippen LogP contribution in [0.5, 0.6) is 0 Å². The summed E-state index contributed by atoms with van der Waals surface area (Å²) in [5, 5.41) is 3.44. The van der Waals surface area contributed by atoms with Crippen LogP contribution in [0.4, 0.5) is 10.1 Å². The molecule has 0 bridgehead atoms. The van der Waals surface area contributed by atoms with E-state index < -0.39 is 0 Å². The number of nitrogens with zero attached hydrogens (tertiary/aromatic N) is 1. The van der Waals surface area contributed by atoms with Crippen molar-refractivity contribution in [1.82, 2.24) is 5.32 Å². The lowest BCUT2D eigenvalue weighted by molar-refractivity contribution is 0.543. The number of para-hydroxylation sites is 1. The fourth-order valence-corrected chi connectivity index (χ4v) is 3.33. The second kappa shape index (κ2) is 7.79. The molecule has 0 saturated heterocycles. The first-order valence-corrected chi connectivity index (χ1v) is 8.38. The Bertz CT molecular complexity index is 439. The average Bonchev–Trinajstić information content (AvgIpc) is 2.96.